The molecule has 176 valence electrons. The first-order valence-corrected chi connectivity index (χ1v) is 11.5. The predicted molar refractivity (Wildman–Crippen MR) is 133 cm³/mol. The number of hydrogen-bond donors (Lipinski definition) is 1. The van der Waals surface area contributed by atoms with Gasteiger partial charge in [-0.05, 0) is 46.7 Å². The second-order valence-corrected chi connectivity index (χ2v) is 8.76. The van der Waals surface area contributed by atoms with Crippen molar-refractivity contribution >= 4 is 28.9 Å². The summed E-state index contributed by atoms with van der Waals surface area (Å²) in [5, 5.41) is 12.4. The molecule has 0 amide bonds. The fourth-order valence-electron chi connectivity index (χ4n) is 3.84. The van der Waals surface area contributed by atoms with E-state index in [1.54, 1.807) is 62.0 Å². The molecule has 35 heavy (non-hydrogen) atoms. The maximum absolute atomic E-state index is 15.9. The molecule has 1 atom stereocenters. The average molecular weight is 509 g/mol. The summed E-state index contributed by atoms with van der Waals surface area (Å²) in [6.45, 7) is 0. The van der Waals surface area contributed by atoms with Crippen LogP contribution in [0.3, 0.4) is 0 Å². The summed E-state index contributed by atoms with van der Waals surface area (Å²) >= 11 is 12.4. The molecule has 0 bridgehead atoms. The van der Waals surface area contributed by atoms with Crippen molar-refractivity contribution in [1.82, 2.24) is 15.0 Å². The summed E-state index contributed by atoms with van der Waals surface area (Å²) in [6.07, 6.45) is 3.79. The first-order valence-electron chi connectivity index (χ1n) is 10.7. The molecule has 2 aromatic carbocycles. The van der Waals surface area contributed by atoms with Crippen molar-refractivity contribution in [2.45, 2.75) is 18.6 Å². The summed E-state index contributed by atoms with van der Waals surface area (Å²) < 4.78 is 21.1. The zero-order valence-corrected chi connectivity index (χ0v) is 20.1. The molecule has 4 aromatic rings. The lowest BCUT2D eigenvalue weighted by Crippen LogP contribution is -2.32. The van der Waals surface area contributed by atoms with Gasteiger partial charge in [0.2, 0.25) is 0 Å². The maximum atomic E-state index is 15.9. The van der Waals surface area contributed by atoms with Crippen LogP contribution in [0.4, 0.5) is 4.39 Å². The Balaban J connectivity index is 1.37. The van der Waals surface area contributed by atoms with Crippen molar-refractivity contribution in [2.24, 2.45) is 15.4 Å². The van der Waals surface area contributed by atoms with E-state index in [0.29, 0.717) is 45.0 Å². The van der Waals surface area contributed by atoms with Gasteiger partial charge in [0.25, 0.3) is 5.79 Å². The van der Waals surface area contributed by atoms with Crippen LogP contribution in [0.25, 0.3) is 11.4 Å². The molecule has 0 fully saturated rings. The summed E-state index contributed by atoms with van der Waals surface area (Å²) in [5.41, 5.74) is 3.41. The van der Waals surface area contributed by atoms with Gasteiger partial charge in [0.05, 0.1) is 22.8 Å². The molecular weight excluding hydrogens is 490 g/mol. The number of alkyl halides is 1. The highest BCUT2D eigenvalue weighted by molar-refractivity contribution is 6.42. The molecule has 1 aliphatic heterocycles. The van der Waals surface area contributed by atoms with Crippen LogP contribution < -0.4 is 4.74 Å². The molecular formula is C25H19Cl2FN6O. The van der Waals surface area contributed by atoms with Gasteiger partial charge in [0.1, 0.15) is 23.0 Å². The van der Waals surface area contributed by atoms with E-state index in [4.69, 9.17) is 27.9 Å². The van der Waals surface area contributed by atoms with E-state index in [-0.39, 0.29) is 12.1 Å². The Morgan fingerprint density at radius 3 is 2.69 bits per heavy atom. The van der Waals surface area contributed by atoms with Gasteiger partial charge in [0, 0.05) is 30.8 Å². The highest BCUT2D eigenvalue weighted by Gasteiger charge is 2.41. The molecule has 2 aromatic heterocycles. The van der Waals surface area contributed by atoms with E-state index in [1.165, 1.54) is 0 Å². The molecule has 0 spiro atoms. The van der Waals surface area contributed by atoms with Gasteiger partial charge in [-0.2, -0.15) is 0 Å². The zero-order chi connectivity index (χ0) is 24.4. The van der Waals surface area contributed by atoms with Crippen molar-refractivity contribution < 1.29 is 9.13 Å². The Labute approximate surface area is 210 Å². The quantitative estimate of drug-likeness (QED) is 0.290. The summed E-state index contributed by atoms with van der Waals surface area (Å²) in [7, 11) is 1.58. The van der Waals surface area contributed by atoms with Crippen LogP contribution in [0.1, 0.15) is 22.5 Å². The third kappa shape index (κ3) is 4.80. The number of ether oxygens (including phenoxy) is 1. The van der Waals surface area contributed by atoms with Crippen molar-refractivity contribution in [3.05, 3.63) is 99.6 Å². The van der Waals surface area contributed by atoms with E-state index in [0.717, 1.165) is 11.1 Å². The summed E-state index contributed by atoms with van der Waals surface area (Å²) in [6, 6.07) is 16.0. The predicted octanol–water partition coefficient (Wildman–Crippen LogP) is 6.46. The minimum atomic E-state index is -2.09. The normalized spacial score (nSPS) is 17.0. The molecule has 7 nitrogen and oxygen atoms in total. The third-order valence-electron chi connectivity index (χ3n) is 5.62. The standard InChI is InChI=1S/C25H19Cl2FN6O/c1-35-18-7-5-15(6-8-18)13-25(28)24(32-34-33-25)17-9-10-29-20(11-17)21-14-30-22(31-21)12-16-3-2-4-19(26)23(16)27/h2-11,14H,12-13H2,1H3,(H,30,31). The number of halogens is 3. The maximum Gasteiger partial charge on any atom is 0.269 e. The van der Waals surface area contributed by atoms with Crippen molar-refractivity contribution in [3.8, 4) is 17.1 Å². The minimum absolute atomic E-state index is 0.00999. The fraction of sp³-hybridized carbons (Fsp3) is 0.160. The number of imidazole rings is 1. The van der Waals surface area contributed by atoms with Gasteiger partial charge < -0.3 is 9.72 Å². The highest BCUT2D eigenvalue weighted by atomic mass is 35.5. The number of H-pyrrole nitrogens is 1. The smallest absolute Gasteiger partial charge is 0.269 e. The van der Waals surface area contributed by atoms with Gasteiger partial charge in [0.15, 0.2) is 0 Å². The van der Waals surface area contributed by atoms with Crippen LogP contribution in [0.5, 0.6) is 5.75 Å². The van der Waals surface area contributed by atoms with Crippen molar-refractivity contribution in [3.63, 3.8) is 0 Å². The fourth-order valence-corrected chi connectivity index (χ4v) is 4.23. The molecule has 3 heterocycles. The topological polar surface area (TPSA) is 87.9 Å². The van der Waals surface area contributed by atoms with Crippen LogP contribution in [0.2, 0.25) is 10.0 Å². The number of aromatic amines is 1. The van der Waals surface area contributed by atoms with Gasteiger partial charge >= 0.3 is 0 Å². The number of benzene rings is 2. The van der Waals surface area contributed by atoms with Gasteiger partial charge in [-0.25, -0.2) is 9.37 Å². The minimum Gasteiger partial charge on any atom is -0.497 e. The molecule has 0 saturated carbocycles. The molecule has 0 radical (unpaired) electrons. The zero-order valence-electron chi connectivity index (χ0n) is 18.5. The summed E-state index contributed by atoms with van der Waals surface area (Å²) in [5.74, 6) is -0.704. The molecule has 1 N–H and O–H groups in total. The average Bonchev–Trinajstić information content (AvgIpc) is 3.49. The molecule has 1 unspecified atom stereocenters. The Morgan fingerprint density at radius 2 is 1.89 bits per heavy atom. The molecule has 1 aliphatic rings. The lowest BCUT2D eigenvalue weighted by molar-refractivity contribution is 0.265. The number of nitrogens with zero attached hydrogens (tertiary/aromatic N) is 5. The Kier molecular flexibility index (Phi) is 6.32. The van der Waals surface area contributed by atoms with Gasteiger partial charge in [-0.3, -0.25) is 4.98 Å². The summed E-state index contributed by atoms with van der Waals surface area (Å²) in [4.78, 5) is 12.2. The number of methoxy groups -OCH3 is 1. The van der Waals surface area contributed by atoms with Gasteiger partial charge in [-0.15, -0.1) is 10.2 Å². The molecule has 5 rings (SSSR count). The second-order valence-electron chi connectivity index (χ2n) is 7.97. The first-order chi connectivity index (χ1) is 16.9. The largest absolute Gasteiger partial charge is 0.497 e. The number of rotatable bonds is 7. The SMILES string of the molecule is COc1ccc(CC2(F)N=NN=C2c2ccnc(-c3c[nH]c(Cc4cccc(Cl)c4Cl)n3)c2)cc1. The number of hydrogen-bond acceptors (Lipinski definition) is 6. The van der Waals surface area contributed by atoms with E-state index >= 15 is 4.39 Å². The van der Waals surface area contributed by atoms with E-state index < -0.39 is 5.79 Å². The lowest BCUT2D eigenvalue weighted by Gasteiger charge is -2.18. The Bertz CT molecular complexity index is 1440. The molecule has 0 saturated heterocycles. The molecule has 0 aliphatic carbocycles. The lowest BCUT2D eigenvalue weighted by atomic mass is 9.95. The van der Waals surface area contributed by atoms with E-state index in [1.807, 2.05) is 12.1 Å². The highest BCUT2D eigenvalue weighted by Crippen LogP contribution is 2.32. The Hall–Kier alpha value is -3.62. The van der Waals surface area contributed by atoms with E-state index in [9.17, 15) is 0 Å². The van der Waals surface area contributed by atoms with E-state index in [2.05, 4.69) is 30.4 Å². The van der Waals surface area contributed by atoms with Gasteiger partial charge in [-0.1, -0.05) is 47.5 Å². The van der Waals surface area contributed by atoms with Crippen LogP contribution in [-0.2, 0) is 12.8 Å². The Morgan fingerprint density at radius 1 is 1.06 bits per heavy atom. The van der Waals surface area contributed by atoms with Crippen LogP contribution in [-0.4, -0.2) is 33.6 Å². The number of nitrogens with one attached hydrogen (secondary N) is 1. The second kappa shape index (κ2) is 9.56. The monoisotopic (exact) mass is 508 g/mol. The molecule has 10 heteroatoms. The number of aromatic nitrogens is 3. The van der Waals surface area contributed by atoms with Crippen LogP contribution in [0, 0.1) is 0 Å². The van der Waals surface area contributed by atoms with Crippen LogP contribution in [0.15, 0.2) is 82.4 Å². The van der Waals surface area contributed by atoms with Crippen molar-refractivity contribution in [1.29, 1.82) is 0 Å². The van der Waals surface area contributed by atoms with Crippen LogP contribution >= 0.6 is 23.2 Å². The van der Waals surface area contributed by atoms with Crippen molar-refractivity contribution in [2.75, 3.05) is 7.11 Å². The third-order valence-corrected chi connectivity index (χ3v) is 6.48. The number of pyridine rings is 1. The first kappa shape index (κ1) is 23.1.